The Balaban J connectivity index is 5.23. The number of carbonyl (C=O) groups is 4. The zero-order chi connectivity index (χ0) is 66.1. The number of phosphoric ester groups is 2. The molecule has 3 N–H and O–H groups in total. The monoisotopic (exact) mass is 1320 g/mol. The van der Waals surface area contributed by atoms with Crippen LogP contribution in [0.3, 0.4) is 0 Å². The van der Waals surface area contributed by atoms with Crippen molar-refractivity contribution in [2.24, 2.45) is 0 Å². The number of hydrogen-bond acceptors (Lipinski definition) is 15. The van der Waals surface area contributed by atoms with Gasteiger partial charge in [-0.3, -0.25) is 37.3 Å². The van der Waals surface area contributed by atoms with E-state index in [9.17, 15) is 43.2 Å². The van der Waals surface area contributed by atoms with Gasteiger partial charge in [-0.2, -0.15) is 0 Å². The highest BCUT2D eigenvalue weighted by Crippen LogP contribution is 2.45. The van der Waals surface area contributed by atoms with Crippen molar-refractivity contribution in [2.75, 3.05) is 39.6 Å². The molecule has 0 rings (SSSR count). The summed E-state index contributed by atoms with van der Waals surface area (Å²) in [6.07, 6.45) is 53.9. The third-order valence-electron chi connectivity index (χ3n) is 16.6. The first kappa shape index (κ1) is 88.1. The van der Waals surface area contributed by atoms with E-state index in [0.717, 1.165) is 89.9 Å². The van der Waals surface area contributed by atoms with E-state index in [4.69, 9.17) is 37.0 Å². The summed E-state index contributed by atoms with van der Waals surface area (Å²) < 4.78 is 68.3. The van der Waals surface area contributed by atoms with Crippen molar-refractivity contribution < 1.29 is 80.2 Å². The minimum Gasteiger partial charge on any atom is -0.462 e. The molecule has 0 aromatic rings. The van der Waals surface area contributed by atoms with Crippen LogP contribution < -0.4 is 0 Å². The molecule has 0 fully saturated rings. The summed E-state index contributed by atoms with van der Waals surface area (Å²) in [5.41, 5.74) is 0. The van der Waals surface area contributed by atoms with Crippen LogP contribution in [0.5, 0.6) is 0 Å². The van der Waals surface area contributed by atoms with Gasteiger partial charge in [-0.05, 0) is 25.7 Å². The van der Waals surface area contributed by atoms with Gasteiger partial charge in [0.25, 0.3) is 0 Å². The molecular formula is C71H138O17P2. The average Bonchev–Trinajstić information content (AvgIpc) is 3.38. The van der Waals surface area contributed by atoms with Crippen LogP contribution in [0.2, 0.25) is 0 Å². The largest absolute Gasteiger partial charge is 0.472 e. The topological polar surface area (TPSA) is 237 Å². The number of aliphatic hydroxyl groups excluding tert-OH is 1. The Morgan fingerprint density at radius 3 is 0.656 bits per heavy atom. The van der Waals surface area contributed by atoms with E-state index in [1.165, 1.54) is 205 Å². The number of hydrogen-bond donors (Lipinski definition) is 3. The molecule has 0 heterocycles. The summed E-state index contributed by atoms with van der Waals surface area (Å²) in [4.78, 5) is 72.6. The van der Waals surface area contributed by atoms with Crippen molar-refractivity contribution in [3.63, 3.8) is 0 Å². The van der Waals surface area contributed by atoms with E-state index in [1.54, 1.807) is 0 Å². The lowest BCUT2D eigenvalue weighted by Gasteiger charge is -2.21. The summed E-state index contributed by atoms with van der Waals surface area (Å²) in [5.74, 6) is -2.12. The van der Waals surface area contributed by atoms with Crippen molar-refractivity contribution in [3.8, 4) is 0 Å². The Kier molecular flexibility index (Phi) is 64.3. The molecule has 90 heavy (non-hydrogen) atoms. The SMILES string of the molecule is CCCCCCCCCCCCCCCCCCC(=O)O[C@H](COC(=O)CCCCCCCCCCCCCCC)COP(=O)(O)OC[C@@H](O)COP(=O)(O)OC[C@@H](COC(=O)CCCCCCCCCCCC)OC(=O)CCCCCCCCCCCCC. The van der Waals surface area contributed by atoms with Crippen molar-refractivity contribution in [1.29, 1.82) is 0 Å². The standard InChI is InChI=1S/C71H138O17P2/c1-5-9-13-17-21-25-29-31-32-33-35-38-42-46-50-54-58-71(76)88-67(62-82-69(74)56-52-48-44-40-37-34-30-26-22-18-14-10-6-2)64-86-90(79,80)84-60-65(72)59-83-89(77,78)85-63-66(61-81-68(73)55-51-47-43-39-28-24-20-16-12-8-4)87-70(75)57-53-49-45-41-36-27-23-19-15-11-7-3/h65-67,72H,5-64H2,1-4H3,(H,77,78)(H,79,80)/t65-,66+,67+/m0/s1. The molecule has 0 saturated carbocycles. The number of esters is 4. The second-order valence-electron chi connectivity index (χ2n) is 25.6. The van der Waals surface area contributed by atoms with E-state index in [2.05, 4.69) is 27.7 Å². The summed E-state index contributed by atoms with van der Waals surface area (Å²) in [6.45, 7) is 4.95. The van der Waals surface area contributed by atoms with Gasteiger partial charge in [0.1, 0.15) is 19.3 Å². The molecule has 0 aliphatic carbocycles. The Bertz CT molecular complexity index is 1720. The molecule has 0 saturated heterocycles. The maximum absolute atomic E-state index is 13.0. The minimum atomic E-state index is -4.95. The van der Waals surface area contributed by atoms with Crippen molar-refractivity contribution >= 4 is 39.5 Å². The van der Waals surface area contributed by atoms with Gasteiger partial charge in [0.2, 0.25) is 0 Å². The molecular weight excluding hydrogens is 1190 g/mol. The first-order chi connectivity index (χ1) is 43.7. The molecule has 0 aliphatic heterocycles. The van der Waals surface area contributed by atoms with Crippen LogP contribution in [-0.2, 0) is 65.4 Å². The third-order valence-corrected chi connectivity index (χ3v) is 18.5. The summed E-state index contributed by atoms with van der Waals surface area (Å²) in [7, 11) is -9.90. The lowest BCUT2D eigenvalue weighted by atomic mass is 10.0. The highest BCUT2D eigenvalue weighted by atomic mass is 31.2. The van der Waals surface area contributed by atoms with Crippen LogP contribution >= 0.6 is 15.6 Å². The molecule has 19 heteroatoms. The van der Waals surface area contributed by atoms with Crippen molar-refractivity contribution in [3.05, 3.63) is 0 Å². The molecule has 0 radical (unpaired) electrons. The fourth-order valence-electron chi connectivity index (χ4n) is 10.9. The van der Waals surface area contributed by atoms with Gasteiger partial charge in [-0.25, -0.2) is 9.13 Å². The second-order valence-corrected chi connectivity index (χ2v) is 28.5. The van der Waals surface area contributed by atoms with Crippen LogP contribution in [0.15, 0.2) is 0 Å². The van der Waals surface area contributed by atoms with Crippen molar-refractivity contribution in [2.45, 2.75) is 393 Å². The zero-order valence-corrected chi connectivity index (χ0v) is 59.9. The van der Waals surface area contributed by atoms with Gasteiger partial charge in [-0.15, -0.1) is 0 Å². The minimum absolute atomic E-state index is 0.108. The number of ether oxygens (including phenoxy) is 4. The van der Waals surface area contributed by atoms with E-state index in [1.807, 2.05) is 0 Å². The first-order valence-electron chi connectivity index (χ1n) is 37.3. The molecule has 0 aromatic carbocycles. The molecule has 0 amide bonds. The molecule has 2 unspecified atom stereocenters. The van der Waals surface area contributed by atoms with Crippen LogP contribution in [0.4, 0.5) is 0 Å². The molecule has 0 aliphatic rings. The zero-order valence-electron chi connectivity index (χ0n) is 58.1. The second kappa shape index (κ2) is 65.7. The molecule has 0 aromatic heterocycles. The highest BCUT2D eigenvalue weighted by molar-refractivity contribution is 7.47. The van der Waals surface area contributed by atoms with E-state index >= 15 is 0 Å². The van der Waals surface area contributed by atoms with Crippen LogP contribution in [-0.4, -0.2) is 96.7 Å². The van der Waals surface area contributed by atoms with Gasteiger partial charge in [0.05, 0.1) is 26.4 Å². The van der Waals surface area contributed by atoms with Gasteiger partial charge in [0, 0.05) is 25.7 Å². The maximum Gasteiger partial charge on any atom is 0.472 e. The van der Waals surface area contributed by atoms with Crippen LogP contribution in [0.25, 0.3) is 0 Å². The number of unbranched alkanes of at least 4 members (excludes halogenated alkanes) is 46. The molecule has 0 bridgehead atoms. The van der Waals surface area contributed by atoms with E-state index in [-0.39, 0.29) is 25.7 Å². The first-order valence-corrected chi connectivity index (χ1v) is 40.3. The van der Waals surface area contributed by atoms with Gasteiger partial charge in [0.15, 0.2) is 12.2 Å². The predicted octanol–water partition coefficient (Wildman–Crippen LogP) is 20.7. The number of aliphatic hydroxyl groups is 1. The predicted molar refractivity (Wildman–Crippen MR) is 363 cm³/mol. The number of rotatable bonds is 72. The normalized spacial score (nSPS) is 14.0. The quantitative estimate of drug-likeness (QED) is 0.0222. The maximum atomic E-state index is 13.0. The fraction of sp³-hybridized carbons (Fsp3) is 0.944. The molecule has 17 nitrogen and oxygen atoms in total. The summed E-state index contributed by atoms with van der Waals surface area (Å²) in [5, 5.41) is 10.6. The number of phosphoric acid groups is 2. The van der Waals surface area contributed by atoms with Gasteiger partial charge >= 0.3 is 39.5 Å². The van der Waals surface area contributed by atoms with E-state index in [0.29, 0.717) is 25.7 Å². The Morgan fingerprint density at radius 1 is 0.267 bits per heavy atom. The lowest BCUT2D eigenvalue weighted by molar-refractivity contribution is -0.161. The Hall–Kier alpha value is -1.94. The highest BCUT2D eigenvalue weighted by Gasteiger charge is 2.30. The van der Waals surface area contributed by atoms with Gasteiger partial charge in [-0.1, -0.05) is 323 Å². The number of carbonyl (C=O) groups excluding carboxylic acids is 4. The van der Waals surface area contributed by atoms with Crippen LogP contribution in [0.1, 0.15) is 374 Å². The molecule has 534 valence electrons. The molecule has 0 spiro atoms. The average molecular weight is 1330 g/mol. The fourth-order valence-corrected chi connectivity index (χ4v) is 12.4. The Labute approximate surface area is 549 Å². The molecule has 5 atom stereocenters. The third kappa shape index (κ3) is 64.8. The smallest absolute Gasteiger partial charge is 0.462 e. The Morgan fingerprint density at radius 2 is 0.444 bits per heavy atom. The summed E-state index contributed by atoms with van der Waals surface area (Å²) >= 11 is 0. The lowest BCUT2D eigenvalue weighted by Crippen LogP contribution is -2.30. The van der Waals surface area contributed by atoms with Crippen molar-refractivity contribution in [1.82, 2.24) is 0 Å². The summed E-state index contributed by atoms with van der Waals surface area (Å²) in [6, 6.07) is 0. The van der Waals surface area contributed by atoms with Crippen LogP contribution in [0, 0.1) is 0 Å². The van der Waals surface area contributed by atoms with Gasteiger partial charge < -0.3 is 33.8 Å². The van der Waals surface area contributed by atoms with E-state index < -0.39 is 97.5 Å².